The summed E-state index contributed by atoms with van der Waals surface area (Å²) in [4.78, 5) is 4.05. The summed E-state index contributed by atoms with van der Waals surface area (Å²) in [6, 6.07) is 21.2. The third-order valence-corrected chi connectivity index (χ3v) is 6.81. The van der Waals surface area contributed by atoms with E-state index in [1.165, 1.54) is 10.6 Å². The van der Waals surface area contributed by atoms with Crippen LogP contribution in [0.1, 0.15) is 0 Å². The number of nitrogens with zero attached hydrogens (tertiary/aromatic N) is 2. The smallest absolute Gasteiger partial charge is 0.0973 e. The van der Waals surface area contributed by atoms with Crippen molar-refractivity contribution in [2.75, 3.05) is 61.4 Å². The van der Waals surface area contributed by atoms with Gasteiger partial charge in [-0.15, -0.1) is 11.6 Å². The molecule has 0 aromatic heterocycles. The van der Waals surface area contributed by atoms with Gasteiger partial charge in [-0.3, -0.25) is 4.90 Å². The predicted molar refractivity (Wildman–Crippen MR) is 132 cm³/mol. The molecule has 2 nitrogen and oxygen atoms in total. The van der Waals surface area contributed by atoms with Crippen LogP contribution in [-0.2, 0) is 21.1 Å². The Balaban J connectivity index is 0. The van der Waals surface area contributed by atoms with Crippen molar-refractivity contribution in [1.82, 2.24) is 9.80 Å². The van der Waals surface area contributed by atoms with E-state index in [4.69, 9.17) is 11.6 Å². The van der Waals surface area contributed by atoms with Crippen LogP contribution in [0.5, 0.6) is 0 Å². The molecule has 0 spiro atoms. The van der Waals surface area contributed by atoms with E-state index in [2.05, 4.69) is 92.2 Å². The molecule has 1 atom stereocenters. The summed E-state index contributed by atoms with van der Waals surface area (Å²) in [6.07, 6.45) is 0. The number of hydrogen-bond acceptors (Lipinski definition) is 2. The molecule has 0 bridgehead atoms. The normalized spacial score (nSPS) is 11.3. The van der Waals surface area contributed by atoms with Gasteiger partial charge in [-0.1, -0.05) is 76.5 Å². The Labute approximate surface area is 195 Å². The van der Waals surface area contributed by atoms with Crippen molar-refractivity contribution in [3.8, 4) is 0 Å². The monoisotopic (exact) mass is 610 g/mol. The molecule has 0 heterocycles. The fraction of sp³-hybridized carbons (Fsp3) is 0.455. The molecule has 2 aromatic rings. The van der Waals surface area contributed by atoms with Gasteiger partial charge in [0.05, 0.1) is 5.50 Å². The van der Waals surface area contributed by atoms with E-state index in [1.807, 2.05) is 33.1 Å². The Bertz CT molecular complexity index is 538. The zero-order chi connectivity index (χ0) is 20.8. The number of alkyl halides is 1. The molecule has 0 aliphatic carbocycles. The molecule has 1 unspecified atom stereocenters. The van der Waals surface area contributed by atoms with E-state index in [-0.39, 0.29) is 42.4 Å². The van der Waals surface area contributed by atoms with Gasteiger partial charge in [0.2, 0.25) is 0 Å². The molecule has 0 radical (unpaired) electrons. The van der Waals surface area contributed by atoms with Gasteiger partial charge in [-0.25, -0.2) is 0 Å². The minimum absolute atomic E-state index is 0. The summed E-state index contributed by atoms with van der Waals surface area (Å²) in [7, 11) is 8.18. The van der Waals surface area contributed by atoms with E-state index < -0.39 is 0 Å². The summed E-state index contributed by atoms with van der Waals surface area (Å²) in [5.41, 5.74) is 0.125. The van der Waals surface area contributed by atoms with E-state index in [0.717, 1.165) is 6.54 Å². The molecule has 0 saturated carbocycles. The topological polar surface area (TPSA) is 6.48 Å². The van der Waals surface area contributed by atoms with Crippen molar-refractivity contribution in [3.63, 3.8) is 0 Å². The van der Waals surface area contributed by atoms with Gasteiger partial charge in [-0.05, 0) is 65.5 Å². The Hall–Kier alpha value is 0.198. The molecular formula is C22H37ClN2P2W. The van der Waals surface area contributed by atoms with E-state index in [0.29, 0.717) is 0 Å². The van der Waals surface area contributed by atoms with Crippen molar-refractivity contribution >= 4 is 38.1 Å². The Morgan fingerprint density at radius 1 is 0.714 bits per heavy atom. The summed E-state index contributed by atoms with van der Waals surface area (Å²) in [5, 5.41) is 2.96. The average Bonchev–Trinajstić information content (AvgIpc) is 2.63. The van der Waals surface area contributed by atoms with Gasteiger partial charge in [0.15, 0.2) is 0 Å². The van der Waals surface area contributed by atoms with Crippen molar-refractivity contribution in [3.05, 3.63) is 60.7 Å². The maximum atomic E-state index is 5.89. The average molecular weight is 611 g/mol. The van der Waals surface area contributed by atoms with Crippen LogP contribution in [0.2, 0.25) is 0 Å². The fourth-order valence-corrected chi connectivity index (χ4v) is 3.73. The van der Waals surface area contributed by atoms with E-state index in [1.54, 1.807) is 0 Å². The third kappa shape index (κ3) is 16.0. The molecule has 158 valence electrons. The second kappa shape index (κ2) is 18.0. The molecule has 6 heteroatoms. The molecule has 2 rings (SSSR count). The van der Waals surface area contributed by atoms with Crippen LogP contribution in [0.25, 0.3) is 0 Å². The molecule has 2 aromatic carbocycles. The van der Waals surface area contributed by atoms with Gasteiger partial charge < -0.3 is 4.90 Å². The van der Waals surface area contributed by atoms with Crippen LogP contribution in [0.15, 0.2) is 60.7 Å². The second-order valence-corrected chi connectivity index (χ2v) is 12.2. The number of likely N-dealkylation sites (N-methyl/N-ethyl adjacent to an activating group) is 2. The summed E-state index contributed by atoms with van der Waals surface area (Å²) < 4.78 is 0. The molecule has 0 N–H and O–H groups in total. The quantitative estimate of drug-likeness (QED) is 0.273. The van der Waals surface area contributed by atoms with Gasteiger partial charge in [0.1, 0.15) is 0 Å². The molecular weight excluding hydrogens is 573 g/mol. The molecule has 0 aliphatic rings. The molecule has 28 heavy (non-hydrogen) atoms. The Kier molecular flexibility index (Phi) is 19.5. The minimum Gasteiger partial charge on any atom is -0.307 e. The summed E-state index contributed by atoms with van der Waals surface area (Å²) in [5.74, 6) is 0. The summed E-state index contributed by atoms with van der Waals surface area (Å²) >= 11 is 5.89. The number of rotatable bonds is 5. The maximum Gasteiger partial charge on any atom is 0.0973 e. The third-order valence-electron chi connectivity index (χ3n) is 3.62. The predicted octanol–water partition coefficient (Wildman–Crippen LogP) is 4.78. The SMILES string of the molecule is CN(C)CC(Cl)N(C)C.CP(C)c1ccccc1.CP(C)c1ccccc1.[W]. The first-order valence-electron chi connectivity index (χ1n) is 9.05. The Morgan fingerprint density at radius 3 is 1.18 bits per heavy atom. The number of hydrogen-bond donors (Lipinski definition) is 0. The second-order valence-electron chi connectivity index (χ2n) is 7.12. The first-order valence-corrected chi connectivity index (χ1v) is 14.0. The van der Waals surface area contributed by atoms with Gasteiger partial charge in [-0.2, -0.15) is 0 Å². The van der Waals surface area contributed by atoms with E-state index >= 15 is 0 Å². The van der Waals surface area contributed by atoms with Crippen LogP contribution in [0, 0.1) is 0 Å². The standard InChI is InChI=1S/2C8H11P.C6H15ClN2.W/c2*1-9(2)8-6-4-3-5-7-8;1-8(2)5-6(7)9(3)4;/h2*3-7H,1-2H3;6H,5H2,1-4H3;. The van der Waals surface area contributed by atoms with Crippen LogP contribution >= 0.6 is 27.4 Å². The first kappa shape index (κ1) is 30.4. The van der Waals surface area contributed by atoms with Gasteiger partial charge >= 0.3 is 0 Å². The van der Waals surface area contributed by atoms with Gasteiger partial charge in [0, 0.05) is 27.6 Å². The van der Waals surface area contributed by atoms with Crippen LogP contribution < -0.4 is 10.6 Å². The first-order chi connectivity index (χ1) is 12.6. The van der Waals surface area contributed by atoms with Crippen molar-refractivity contribution in [1.29, 1.82) is 0 Å². The molecule has 0 fully saturated rings. The maximum absolute atomic E-state index is 5.89. The van der Waals surface area contributed by atoms with Crippen LogP contribution in [-0.4, -0.2) is 76.7 Å². The zero-order valence-electron chi connectivity index (χ0n) is 18.6. The van der Waals surface area contributed by atoms with E-state index in [9.17, 15) is 0 Å². The molecule has 0 saturated heterocycles. The molecule has 0 aliphatic heterocycles. The number of halogens is 1. The minimum atomic E-state index is 0. The number of benzene rings is 2. The van der Waals surface area contributed by atoms with Crippen molar-refractivity contribution in [2.24, 2.45) is 0 Å². The fourth-order valence-electron chi connectivity index (χ4n) is 1.92. The zero-order valence-corrected chi connectivity index (χ0v) is 24.1. The Morgan fingerprint density at radius 2 is 1.04 bits per heavy atom. The largest absolute Gasteiger partial charge is 0.307 e. The molecule has 0 amide bonds. The van der Waals surface area contributed by atoms with Crippen molar-refractivity contribution < 1.29 is 21.1 Å². The summed E-state index contributed by atoms with van der Waals surface area (Å²) in [6.45, 7) is 9.97. The van der Waals surface area contributed by atoms with Crippen molar-refractivity contribution in [2.45, 2.75) is 5.50 Å². The van der Waals surface area contributed by atoms with Gasteiger partial charge in [0.25, 0.3) is 0 Å². The van der Waals surface area contributed by atoms with Crippen LogP contribution in [0.4, 0.5) is 0 Å². The van der Waals surface area contributed by atoms with Crippen LogP contribution in [0.3, 0.4) is 0 Å².